The second-order valence-corrected chi connectivity index (χ2v) is 4.53. The van der Waals surface area contributed by atoms with Gasteiger partial charge in [0.15, 0.2) is 5.82 Å². The van der Waals surface area contributed by atoms with Crippen molar-refractivity contribution in [1.82, 2.24) is 10.1 Å². The summed E-state index contributed by atoms with van der Waals surface area (Å²) in [6.07, 6.45) is 3.78. The lowest BCUT2D eigenvalue weighted by atomic mass is 10.1. The molecule has 2 aliphatic rings. The molecule has 5 heteroatoms. The number of hydrogen-bond acceptors (Lipinski definition) is 5. The topological polar surface area (TPSA) is 65.2 Å². The molecular weight excluding hydrogens is 208 g/mol. The van der Waals surface area contributed by atoms with Crippen LogP contribution in [0.25, 0.3) is 0 Å². The second kappa shape index (κ2) is 3.30. The Morgan fingerprint density at radius 3 is 2.88 bits per heavy atom. The normalized spacial score (nSPS) is 21.8. The molecule has 5 nitrogen and oxygen atoms in total. The molecule has 1 aromatic heterocycles. The van der Waals surface area contributed by atoms with Crippen molar-refractivity contribution in [3.63, 3.8) is 0 Å². The van der Waals surface area contributed by atoms with E-state index in [-0.39, 0.29) is 5.97 Å². The van der Waals surface area contributed by atoms with Gasteiger partial charge in [-0.1, -0.05) is 5.16 Å². The van der Waals surface area contributed by atoms with Crippen LogP contribution in [0.4, 0.5) is 0 Å². The van der Waals surface area contributed by atoms with Crippen LogP contribution < -0.4 is 0 Å². The first-order valence-corrected chi connectivity index (χ1v) is 5.77. The number of esters is 1. The van der Waals surface area contributed by atoms with E-state index >= 15 is 0 Å². The minimum Gasteiger partial charge on any atom is -0.465 e. The largest absolute Gasteiger partial charge is 0.465 e. The second-order valence-electron chi connectivity index (χ2n) is 4.53. The van der Waals surface area contributed by atoms with E-state index in [0.29, 0.717) is 18.4 Å². The van der Waals surface area contributed by atoms with Gasteiger partial charge in [0, 0.05) is 5.92 Å². The van der Waals surface area contributed by atoms with E-state index in [1.807, 2.05) is 0 Å². The lowest BCUT2D eigenvalue weighted by Crippen LogP contribution is -2.23. The van der Waals surface area contributed by atoms with E-state index in [9.17, 15) is 4.79 Å². The predicted molar refractivity (Wildman–Crippen MR) is 53.8 cm³/mol. The summed E-state index contributed by atoms with van der Waals surface area (Å²) in [7, 11) is 0. The number of carbonyl (C=O) groups is 1. The molecule has 0 saturated heterocycles. The quantitative estimate of drug-likeness (QED) is 0.723. The fourth-order valence-electron chi connectivity index (χ4n) is 1.84. The van der Waals surface area contributed by atoms with Crippen molar-refractivity contribution < 1.29 is 14.1 Å². The van der Waals surface area contributed by atoms with Gasteiger partial charge >= 0.3 is 5.97 Å². The first-order chi connectivity index (χ1) is 7.76. The fraction of sp³-hybridized carbons (Fsp3) is 0.727. The molecule has 2 aliphatic carbocycles. The number of ether oxygens (including phenoxy) is 1. The van der Waals surface area contributed by atoms with Crippen molar-refractivity contribution >= 4 is 5.97 Å². The van der Waals surface area contributed by atoms with E-state index in [4.69, 9.17) is 9.26 Å². The molecule has 2 saturated carbocycles. The Labute approximate surface area is 93.2 Å². The third kappa shape index (κ3) is 1.42. The monoisotopic (exact) mass is 222 g/mol. The highest BCUT2D eigenvalue weighted by atomic mass is 16.5. The standard InChI is InChI=1S/C11H14N2O3/c1-2-15-10(14)11(5-6-11)9-12-8(13-16-9)7-3-4-7/h7H,2-6H2,1H3. The zero-order valence-corrected chi connectivity index (χ0v) is 9.23. The molecule has 0 N–H and O–H groups in total. The molecule has 0 unspecified atom stereocenters. The van der Waals surface area contributed by atoms with Crippen molar-refractivity contribution in [3.8, 4) is 0 Å². The summed E-state index contributed by atoms with van der Waals surface area (Å²) in [5.74, 6) is 1.44. The highest BCUT2D eigenvalue weighted by Gasteiger charge is 2.57. The maximum atomic E-state index is 11.8. The maximum absolute atomic E-state index is 11.8. The van der Waals surface area contributed by atoms with Gasteiger partial charge in [0.05, 0.1) is 6.61 Å². The molecule has 0 aromatic carbocycles. The van der Waals surface area contributed by atoms with Gasteiger partial charge in [-0.25, -0.2) is 0 Å². The Bertz CT molecular complexity index is 419. The highest BCUT2D eigenvalue weighted by Crippen LogP contribution is 2.49. The summed E-state index contributed by atoms with van der Waals surface area (Å²) in [6, 6.07) is 0. The Morgan fingerprint density at radius 1 is 1.56 bits per heavy atom. The van der Waals surface area contributed by atoms with Crippen LogP contribution in [0.1, 0.15) is 50.2 Å². The molecule has 0 spiro atoms. The Balaban J connectivity index is 1.82. The number of hydrogen-bond donors (Lipinski definition) is 0. The summed E-state index contributed by atoms with van der Waals surface area (Å²) in [4.78, 5) is 16.1. The van der Waals surface area contributed by atoms with Gasteiger partial charge in [0.2, 0.25) is 5.89 Å². The third-order valence-corrected chi connectivity index (χ3v) is 3.21. The summed E-state index contributed by atoms with van der Waals surface area (Å²) < 4.78 is 10.2. The zero-order valence-electron chi connectivity index (χ0n) is 9.23. The van der Waals surface area contributed by atoms with Crippen molar-refractivity contribution in [2.45, 2.75) is 43.9 Å². The molecule has 2 fully saturated rings. The first-order valence-electron chi connectivity index (χ1n) is 5.77. The molecule has 86 valence electrons. The van der Waals surface area contributed by atoms with Crippen LogP contribution in [-0.2, 0) is 14.9 Å². The van der Waals surface area contributed by atoms with Gasteiger partial charge in [0.1, 0.15) is 5.41 Å². The van der Waals surface area contributed by atoms with Gasteiger partial charge in [-0.3, -0.25) is 4.79 Å². The van der Waals surface area contributed by atoms with Crippen LogP contribution in [0.15, 0.2) is 4.52 Å². The molecule has 1 heterocycles. The lowest BCUT2D eigenvalue weighted by molar-refractivity contribution is -0.146. The average Bonchev–Trinajstić information content (AvgIpc) is 3.19. The summed E-state index contributed by atoms with van der Waals surface area (Å²) in [5, 5.41) is 3.93. The molecule has 3 rings (SSSR count). The van der Waals surface area contributed by atoms with Crippen LogP contribution in [0.3, 0.4) is 0 Å². The average molecular weight is 222 g/mol. The van der Waals surface area contributed by atoms with E-state index in [2.05, 4.69) is 10.1 Å². The molecule has 16 heavy (non-hydrogen) atoms. The van der Waals surface area contributed by atoms with Gasteiger partial charge < -0.3 is 9.26 Å². The van der Waals surface area contributed by atoms with Crippen molar-refractivity contribution in [2.75, 3.05) is 6.61 Å². The Morgan fingerprint density at radius 2 is 2.31 bits per heavy atom. The molecule has 0 amide bonds. The molecule has 0 aliphatic heterocycles. The lowest BCUT2D eigenvalue weighted by Gasteiger charge is -2.07. The van der Waals surface area contributed by atoms with Crippen LogP contribution in [0.2, 0.25) is 0 Å². The minimum atomic E-state index is -0.615. The van der Waals surface area contributed by atoms with Gasteiger partial charge in [-0.05, 0) is 32.6 Å². The SMILES string of the molecule is CCOC(=O)C1(c2nc(C3CC3)no2)CC1. The fourth-order valence-corrected chi connectivity index (χ4v) is 1.84. The zero-order chi connectivity index (χ0) is 11.2. The highest BCUT2D eigenvalue weighted by molar-refractivity contribution is 5.85. The number of rotatable bonds is 4. The minimum absolute atomic E-state index is 0.221. The Hall–Kier alpha value is -1.39. The van der Waals surface area contributed by atoms with Gasteiger partial charge in [-0.15, -0.1) is 0 Å². The van der Waals surface area contributed by atoms with Crippen molar-refractivity contribution in [2.24, 2.45) is 0 Å². The maximum Gasteiger partial charge on any atom is 0.321 e. The van der Waals surface area contributed by atoms with Crippen molar-refractivity contribution in [3.05, 3.63) is 11.7 Å². The van der Waals surface area contributed by atoms with Gasteiger partial charge in [0.25, 0.3) is 0 Å². The van der Waals surface area contributed by atoms with E-state index in [1.165, 1.54) is 0 Å². The number of carbonyl (C=O) groups excluding carboxylic acids is 1. The number of aromatic nitrogens is 2. The smallest absolute Gasteiger partial charge is 0.321 e. The van der Waals surface area contributed by atoms with Crippen LogP contribution >= 0.6 is 0 Å². The molecule has 1 aromatic rings. The molecule has 0 atom stereocenters. The third-order valence-electron chi connectivity index (χ3n) is 3.21. The van der Waals surface area contributed by atoms with Crippen molar-refractivity contribution in [1.29, 1.82) is 0 Å². The first kappa shape index (κ1) is 9.81. The Kier molecular flexibility index (Phi) is 2.02. The number of nitrogens with zero attached hydrogens (tertiary/aromatic N) is 2. The summed E-state index contributed by atoms with van der Waals surface area (Å²) in [6.45, 7) is 2.20. The van der Waals surface area contributed by atoms with Crippen LogP contribution in [0, 0.1) is 0 Å². The predicted octanol–water partition coefficient (Wildman–Crippen LogP) is 1.54. The van der Waals surface area contributed by atoms with E-state index in [1.54, 1.807) is 6.92 Å². The van der Waals surface area contributed by atoms with Crippen LogP contribution in [-0.4, -0.2) is 22.7 Å². The summed E-state index contributed by atoms with van der Waals surface area (Å²) >= 11 is 0. The van der Waals surface area contributed by atoms with E-state index < -0.39 is 5.41 Å². The molecule has 0 radical (unpaired) electrons. The van der Waals surface area contributed by atoms with E-state index in [0.717, 1.165) is 31.5 Å². The molecular formula is C11H14N2O3. The summed E-state index contributed by atoms with van der Waals surface area (Å²) in [5.41, 5.74) is -0.615. The van der Waals surface area contributed by atoms with Gasteiger partial charge in [-0.2, -0.15) is 4.98 Å². The molecule has 0 bridgehead atoms. The van der Waals surface area contributed by atoms with Crippen LogP contribution in [0.5, 0.6) is 0 Å².